The van der Waals surface area contributed by atoms with Crippen LogP contribution >= 0.6 is 0 Å². The van der Waals surface area contributed by atoms with Crippen molar-refractivity contribution in [2.75, 3.05) is 7.05 Å². The molecule has 3 rings (SSSR count). The van der Waals surface area contributed by atoms with Crippen molar-refractivity contribution in [2.24, 2.45) is 13.0 Å². The number of likely N-dealkylation sites (tertiary alicyclic amines) is 1. The zero-order valence-electron chi connectivity index (χ0n) is 14.9. The Morgan fingerprint density at radius 2 is 1.92 bits per heavy atom. The molecular weight excluding hydrogens is 314 g/mol. The van der Waals surface area contributed by atoms with Crippen molar-refractivity contribution in [1.82, 2.24) is 20.0 Å². The lowest BCUT2D eigenvalue weighted by Crippen LogP contribution is -2.50. The normalized spacial score (nSPS) is 28.3. The number of aryl methyl sites for hydroxylation is 2. The number of hydrogen-bond acceptors (Lipinski definition) is 3. The fourth-order valence-corrected chi connectivity index (χ4v) is 4.17. The standard InChI is InChI=1S/C17H26F2N4O/c1-9(12-7-17(18,19)8-12)20-13-6-14(24)22(4)16(13)15-10(2)21-23(5)11(15)3/h9,12-13,16,20H,6-8H2,1-5H3/t9?,13-,16-/m1/s1. The summed E-state index contributed by atoms with van der Waals surface area (Å²) < 4.78 is 28.1. The topological polar surface area (TPSA) is 50.2 Å². The molecule has 2 fully saturated rings. The lowest BCUT2D eigenvalue weighted by atomic mass is 9.76. The van der Waals surface area contributed by atoms with Crippen LogP contribution in [0, 0.1) is 19.8 Å². The second-order valence-electron chi connectivity index (χ2n) is 7.45. The first-order valence-corrected chi connectivity index (χ1v) is 8.50. The second kappa shape index (κ2) is 5.79. The van der Waals surface area contributed by atoms with Crippen molar-refractivity contribution in [1.29, 1.82) is 0 Å². The van der Waals surface area contributed by atoms with Gasteiger partial charge in [-0.3, -0.25) is 9.48 Å². The van der Waals surface area contributed by atoms with Crippen LogP contribution in [0.2, 0.25) is 0 Å². The van der Waals surface area contributed by atoms with E-state index < -0.39 is 5.92 Å². The summed E-state index contributed by atoms with van der Waals surface area (Å²) in [6, 6.07) is -0.212. The highest BCUT2D eigenvalue weighted by Gasteiger charge is 2.49. The van der Waals surface area contributed by atoms with Crippen molar-refractivity contribution in [3.8, 4) is 0 Å². The van der Waals surface area contributed by atoms with E-state index >= 15 is 0 Å². The molecule has 134 valence electrons. The molecule has 1 unspecified atom stereocenters. The smallest absolute Gasteiger partial charge is 0.248 e. The fraction of sp³-hybridized carbons (Fsp3) is 0.765. The molecule has 1 N–H and O–H groups in total. The first kappa shape index (κ1) is 17.3. The number of likely N-dealkylation sites (N-methyl/N-ethyl adjacent to an activating group) is 1. The first-order valence-electron chi connectivity index (χ1n) is 8.50. The molecule has 0 spiro atoms. The molecule has 1 aromatic heterocycles. The Hall–Kier alpha value is -1.50. The lowest BCUT2D eigenvalue weighted by molar-refractivity contribution is -0.127. The maximum absolute atomic E-state index is 13.1. The van der Waals surface area contributed by atoms with E-state index in [9.17, 15) is 13.6 Å². The number of rotatable bonds is 4. The molecule has 0 radical (unpaired) electrons. The third-order valence-corrected chi connectivity index (χ3v) is 5.75. The molecule has 5 nitrogen and oxygen atoms in total. The Labute approximate surface area is 141 Å². The SMILES string of the molecule is Cc1nn(C)c(C)c1[C@H]1[C@H](NC(C)C2CC(F)(F)C2)CC(=O)N1C. The lowest BCUT2D eigenvalue weighted by Gasteiger charge is -2.40. The monoisotopic (exact) mass is 340 g/mol. The molecule has 2 heterocycles. The van der Waals surface area contributed by atoms with E-state index in [0.717, 1.165) is 17.0 Å². The molecule has 1 saturated carbocycles. The molecule has 1 amide bonds. The van der Waals surface area contributed by atoms with E-state index in [0.29, 0.717) is 6.42 Å². The predicted molar refractivity (Wildman–Crippen MR) is 86.9 cm³/mol. The molecule has 3 atom stereocenters. The van der Waals surface area contributed by atoms with Gasteiger partial charge in [0, 0.05) is 56.7 Å². The van der Waals surface area contributed by atoms with Gasteiger partial charge in [0.25, 0.3) is 0 Å². The van der Waals surface area contributed by atoms with Crippen LogP contribution in [0.5, 0.6) is 0 Å². The van der Waals surface area contributed by atoms with Gasteiger partial charge in [-0.05, 0) is 26.7 Å². The van der Waals surface area contributed by atoms with Crippen molar-refractivity contribution in [3.63, 3.8) is 0 Å². The summed E-state index contributed by atoms with van der Waals surface area (Å²) in [5.41, 5.74) is 3.01. The van der Waals surface area contributed by atoms with Crippen LogP contribution in [-0.4, -0.2) is 45.6 Å². The Balaban J connectivity index is 1.80. The summed E-state index contributed by atoms with van der Waals surface area (Å²) in [6.07, 6.45) is 0.267. The summed E-state index contributed by atoms with van der Waals surface area (Å²) in [7, 11) is 3.70. The van der Waals surface area contributed by atoms with E-state index in [2.05, 4.69) is 10.4 Å². The quantitative estimate of drug-likeness (QED) is 0.915. The second-order valence-corrected chi connectivity index (χ2v) is 7.45. The molecule has 24 heavy (non-hydrogen) atoms. The number of carbonyl (C=O) groups is 1. The largest absolute Gasteiger partial charge is 0.337 e. The average molecular weight is 340 g/mol. The Morgan fingerprint density at radius 1 is 1.29 bits per heavy atom. The summed E-state index contributed by atoms with van der Waals surface area (Å²) >= 11 is 0. The van der Waals surface area contributed by atoms with E-state index in [1.807, 2.05) is 39.5 Å². The molecule has 1 aromatic rings. The molecule has 7 heteroatoms. The Morgan fingerprint density at radius 3 is 2.42 bits per heavy atom. The van der Waals surface area contributed by atoms with Gasteiger partial charge in [-0.1, -0.05) is 0 Å². The van der Waals surface area contributed by atoms with E-state index in [-0.39, 0.29) is 42.8 Å². The van der Waals surface area contributed by atoms with Gasteiger partial charge in [0.05, 0.1) is 11.7 Å². The maximum atomic E-state index is 13.1. The Bertz CT molecular complexity index is 649. The van der Waals surface area contributed by atoms with E-state index in [4.69, 9.17) is 0 Å². The van der Waals surface area contributed by atoms with Crippen LogP contribution in [0.15, 0.2) is 0 Å². The van der Waals surface area contributed by atoms with Crippen LogP contribution in [0.1, 0.15) is 49.2 Å². The summed E-state index contributed by atoms with van der Waals surface area (Å²) in [6.45, 7) is 5.90. The van der Waals surface area contributed by atoms with Crippen LogP contribution < -0.4 is 5.32 Å². The molecule has 1 saturated heterocycles. The highest BCUT2D eigenvalue weighted by atomic mass is 19.3. The fourth-order valence-electron chi connectivity index (χ4n) is 4.17. The summed E-state index contributed by atoms with van der Waals surface area (Å²) in [5, 5.41) is 7.92. The number of alkyl halides is 2. The number of carbonyl (C=O) groups excluding carboxylic acids is 1. The number of aromatic nitrogens is 2. The predicted octanol–water partition coefficient (Wildman–Crippen LogP) is 2.33. The maximum Gasteiger partial charge on any atom is 0.248 e. The highest BCUT2D eigenvalue weighted by Crippen LogP contribution is 2.44. The number of halogens is 2. The number of hydrogen-bond donors (Lipinski definition) is 1. The molecular formula is C17H26F2N4O. The van der Waals surface area contributed by atoms with Gasteiger partial charge in [0.15, 0.2) is 0 Å². The minimum atomic E-state index is -2.52. The van der Waals surface area contributed by atoms with Gasteiger partial charge in [-0.15, -0.1) is 0 Å². The van der Waals surface area contributed by atoms with Gasteiger partial charge >= 0.3 is 0 Å². The summed E-state index contributed by atoms with van der Waals surface area (Å²) in [5.74, 6) is -2.47. The molecule has 0 bridgehead atoms. The number of nitrogens with one attached hydrogen (secondary N) is 1. The van der Waals surface area contributed by atoms with Gasteiger partial charge in [0.1, 0.15) is 0 Å². The van der Waals surface area contributed by atoms with Crippen LogP contribution in [0.3, 0.4) is 0 Å². The van der Waals surface area contributed by atoms with Gasteiger partial charge in [-0.25, -0.2) is 8.78 Å². The Kier molecular flexibility index (Phi) is 4.18. The van der Waals surface area contributed by atoms with Gasteiger partial charge in [0.2, 0.25) is 11.8 Å². The van der Waals surface area contributed by atoms with Crippen LogP contribution in [-0.2, 0) is 11.8 Å². The van der Waals surface area contributed by atoms with Crippen molar-refractivity contribution in [3.05, 3.63) is 17.0 Å². The van der Waals surface area contributed by atoms with Gasteiger partial charge in [-0.2, -0.15) is 5.10 Å². The van der Waals surface area contributed by atoms with Crippen molar-refractivity contribution in [2.45, 2.75) is 64.1 Å². The average Bonchev–Trinajstić information content (AvgIpc) is 2.85. The zero-order chi connectivity index (χ0) is 17.8. The third-order valence-electron chi connectivity index (χ3n) is 5.75. The van der Waals surface area contributed by atoms with Crippen molar-refractivity contribution < 1.29 is 13.6 Å². The molecule has 1 aliphatic heterocycles. The molecule has 2 aliphatic rings. The molecule has 1 aliphatic carbocycles. The van der Waals surface area contributed by atoms with Gasteiger partial charge < -0.3 is 10.2 Å². The minimum Gasteiger partial charge on any atom is -0.337 e. The summed E-state index contributed by atoms with van der Waals surface area (Å²) in [4.78, 5) is 14.0. The highest BCUT2D eigenvalue weighted by molar-refractivity contribution is 5.80. The first-order chi connectivity index (χ1) is 11.1. The zero-order valence-corrected chi connectivity index (χ0v) is 14.9. The number of amides is 1. The molecule has 0 aromatic carbocycles. The number of nitrogens with zero attached hydrogens (tertiary/aromatic N) is 3. The van der Waals surface area contributed by atoms with Crippen LogP contribution in [0.4, 0.5) is 8.78 Å². The third kappa shape index (κ3) is 2.83. The van der Waals surface area contributed by atoms with Crippen LogP contribution in [0.25, 0.3) is 0 Å². The van der Waals surface area contributed by atoms with E-state index in [1.54, 1.807) is 4.90 Å². The van der Waals surface area contributed by atoms with Crippen molar-refractivity contribution >= 4 is 5.91 Å². The van der Waals surface area contributed by atoms with E-state index in [1.165, 1.54) is 0 Å². The minimum absolute atomic E-state index is 0.0299.